The predicted molar refractivity (Wildman–Crippen MR) is 179 cm³/mol. The first-order chi connectivity index (χ1) is 24.0. The summed E-state index contributed by atoms with van der Waals surface area (Å²) in [6.07, 6.45) is -1.28. The minimum Gasteiger partial charge on any atom is -0.455 e. The molecule has 5 saturated carbocycles. The Labute approximate surface area is 294 Å². The van der Waals surface area contributed by atoms with Crippen LogP contribution < -0.4 is 0 Å². The molecule has 7 rings (SSSR count). The monoisotopic (exact) mass is 699 g/mol. The number of aliphatic hydroxyl groups excluding tert-OH is 2. The van der Waals surface area contributed by atoms with E-state index in [1.165, 1.54) is 7.11 Å². The van der Waals surface area contributed by atoms with E-state index in [4.69, 9.17) is 28.4 Å². The number of benzene rings is 1. The first-order valence-corrected chi connectivity index (χ1v) is 18.1. The van der Waals surface area contributed by atoms with Gasteiger partial charge in [0, 0.05) is 76.0 Å². The number of hydrogen-bond acceptors (Lipinski definition) is 12. The molecule has 0 amide bonds. The Morgan fingerprint density at radius 2 is 1.72 bits per heavy atom. The molecule has 1 aliphatic heterocycles. The van der Waals surface area contributed by atoms with Crippen molar-refractivity contribution in [2.45, 2.75) is 93.4 Å². The van der Waals surface area contributed by atoms with E-state index in [0.717, 1.165) is 6.42 Å². The summed E-state index contributed by atoms with van der Waals surface area (Å²) in [5.74, 6) is -3.66. The molecule has 0 aromatic heterocycles. The molecule has 50 heavy (non-hydrogen) atoms. The maximum Gasteiger partial charge on any atom is 0.338 e. The lowest BCUT2D eigenvalue weighted by molar-refractivity contribution is -0.322. The largest absolute Gasteiger partial charge is 0.455 e. The minimum atomic E-state index is -1.85. The molecule has 6 fully saturated rings. The average molecular weight is 700 g/mol. The van der Waals surface area contributed by atoms with Crippen LogP contribution in [0.4, 0.5) is 0 Å². The lowest BCUT2D eigenvalue weighted by atomic mass is 9.42. The summed E-state index contributed by atoms with van der Waals surface area (Å²) in [4.78, 5) is 30.3. The van der Waals surface area contributed by atoms with Crippen LogP contribution in [0.3, 0.4) is 0 Å². The van der Waals surface area contributed by atoms with Crippen LogP contribution in [0.5, 0.6) is 0 Å². The summed E-state index contributed by atoms with van der Waals surface area (Å²) in [5, 5.41) is 37.8. The summed E-state index contributed by atoms with van der Waals surface area (Å²) >= 11 is 0. The Kier molecular flexibility index (Phi) is 9.28. The van der Waals surface area contributed by atoms with E-state index in [9.17, 15) is 24.9 Å². The van der Waals surface area contributed by atoms with E-state index < -0.39 is 94.3 Å². The van der Waals surface area contributed by atoms with Crippen LogP contribution in [0.15, 0.2) is 42.5 Å². The van der Waals surface area contributed by atoms with E-state index in [1.54, 1.807) is 57.7 Å². The molecule has 12 nitrogen and oxygen atoms in total. The standard InChI is InChI=1S/C38H53NO11/c1-7-9-11-16-25(41)50-38-26-22(18-36(44,33(48-6)31(38)42)32(26)49-34(43)21-14-12-10-13-15-21)37-24(46-4)17-23(40)35(20-45-3)19-39(8-2)30(37)27(38)28(47-5)29(35)37/h9-15,22-24,26-33,40,42,44H,7-8,16-20H2,1-6H3/b11-9+/t22-,23-,24+,26-,27+,28-,29-,30-,31+,32+,33+,35+,36-,37+,38+/m1/s1. The number of likely N-dealkylation sites (tertiary alicyclic amines) is 1. The number of carbonyl (C=O) groups excluding carboxylic acids is 2. The van der Waals surface area contributed by atoms with Gasteiger partial charge in [0.05, 0.1) is 36.9 Å². The zero-order valence-corrected chi connectivity index (χ0v) is 29.9. The van der Waals surface area contributed by atoms with Crippen molar-refractivity contribution in [2.75, 3.05) is 48.1 Å². The van der Waals surface area contributed by atoms with Gasteiger partial charge < -0.3 is 43.7 Å². The molecule has 0 radical (unpaired) electrons. The molecule has 1 heterocycles. The topological polar surface area (TPSA) is 153 Å². The zero-order valence-electron chi connectivity index (χ0n) is 29.9. The highest BCUT2D eigenvalue weighted by atomic mass is 16.6. The maximum atomic E-state index is 14.1. The smallest absolute Gasteiger partial charge is 0.338 e. The number of rotatable bonds is 12. The van der Waals surface area contributed by atoms with Gasteiger partial charge in [-0.2, -0.15) is 0 Å². The highest BCUT2D eigenvalue weighted by molar-refractivity contribution is 5.89. The van der Waals surface area contributed by atoms with Gasteiger partial charge >= 0.3 is 11.9 Å². The van der Waals surface area contributed by atoms with Crippen molar-refractivity contribution in [3.05, 3.63) is 48.0 Å². The normalized spacial score (nSPS) is 47.0. The Morgan fingerprint density at radius 1 is 0.980 bits per heavy atom. The van der Waals surface area contributed by atoms with Gasteiger partial charge in [-0.15, -0.1) is 0 Å². The summed E-state index contributed by atoms with van der Waals surface area (Å²) in [7, 11) is 6.31. The highest BCUT2D eigenvalue weighted by Gasteiger charge is 2.92. The fraction of sp³-hybridized carbons (Fsp3) is 0.737. The SMILES string of the molecule is CC/C=C/CC(=O)O[C@]12[C@@H]3[C@@H](C[C@@](O)([C@H]3OC(=O)c3ccccc3)[C@@H](OC)[C@@H]1O)[C@@]13[C@@H](OC)C[C@@H](O)[C@@]4(COC)CN(CC)[C@@H]1[C@@H]2[C@@H](OC)[C@H]43. The Bertz CT molecular complexity index is 1480. The molecular weight excluding hydrogens is 646 g/mol. The molecule has 6 aliphatic rings. The maximum absolute atomic E-state index is 14.1. The average Bonchev–Trinajstić information content (AvgIpc) is 3.48. The van der Waals surface area contributed by atoms with Crippen LogP contribution in [0.25, 0.3) is 0 Å². The highest BCUT2D eigenvalue weighted by Crippen LogP contribution is 2.80. The van der Waals surface area contributed by atoms with E-state index in [-0.39, 0.29) is 25.5 Å². The zero-order chi connectivity index (χ0) is 35.8. The van der Waals surface area contributed by atoms with Crippen molar-refractivity contribution >= 4 is 11.9 Å². The summed E-state index contributed by atoms with van der Waals surface area (Å²) in [6.45, 7) is 5.34. The number of methoxy groups -OCH3 is 4. The Balaban J connectivity index is 1.51. The van der Waals surface area contributed by atoms with Gasteiger partial charge in [-0.05, 0) is 37.4 Å². The lowest BCUT2D eigenvalue weighted by Gasteiger charge is -2.70. The molecule has 3 N–H and O–H groups in total. The van der Waals surface area contributed by atoms with Crippen molar-refractivity contribution < 1.29 is 53.3 Å². The molecule has 1 spiro atoms. The first kappa shape index (κ1) is 36.0. The molecule has 0 unspecified atom stereocenters. The summed E-state index contributed by atoms with van der Waals surface area (Å²) in [5.41, 5.74) is -4.88. The van der Waals surface area contributed by atoms with Gasteiger partial charge in [-0.25, -0.2) is 4.79 Å². The fourth-order valence-corrected chi connectivity index (χ4v) is 12.6. The number of nitrogens with zero attached hydrogens (tertiary/aromatic N) is 1. The number of fused-ring (bicyclic) bond motifs is 2. The molecule has 1 aromatic carbocycles. The van der Waals surface area contributed by atoms with Crippen LogP contribution in [-0.4, -0.2) is 134 Å². The number of esters is 2. The van der Waals surface area contributed by atoms with Gasteiger partial charge in [-0.1, -0.05) is 44.2 Å². The van der Waals surface area contributed by atoms with Crippen LogP contribution in [0, 0.1) is 34.5 Å². The number of aliphatic hydroxyl groups is 3. The van der Waals surface area contributed by atoms with Gasteiger partial charge in [-0.3, -0.25) is 9.69 Å². The lowest BCUT2D eigenvalue weighted by Crippen LogP contribution is -2.81. The third-order valence-electron chi connectivity index (χ3n) is 13.8. The second kappa shape index (κ2) is 12.9. The molecule has 276 valence electrons. The fourth-order valence-electron chi connectivity index (χ4n) is 12.6. The van der Waals surface area contributed by atoms with Crippen LogP contribution in [-0.2, 0) is 33.2 Å². The van der Waals surface area contributed by atoms with Crippen molar-refractivity contribution in [2.24, 2.45) is 34.5 Å². The van der Waals surface area contributed by atoms with Crippen molar-refractivity contribution in [1.29, 1.82) is 0 Å². The third-order valence-corrected chi connectivity index (χ3v) is 13.8. The second-order valence-corrected chi connectivity index (χ2v) is 15.4. The third kappa shape index (κ3) is 4.39. The molecule has 1 aromatic rings. The van der Waals surface area contributed by atoms with Crippen molar-refractivity contribution in [1.82, 2.24) is 4.90 Å². The molecule has 5 aliphatic carbocycles. The number of ether oxygens (including phenoxy) is 6. The Hall–Kier alpha value is -2.42. The van der Waals surface area contributed by atoms with Crippen LogP contribution >= 0.6 is 0 Å². The minimum absolute atomic E-state index is 0.0375. The van der Waals surface area contributed by atoms with Crippen molar-refractivity contribution in [3.8, 4) is 0 Å². The summed E-state index contributed by atoms with van der Waals surface area (Å²) < 4.78 is 38.0. The Morgan fingerprint density at radius 3 is 2.34 bits per heavy atom. The van der Waals surface area contributed by atoms with Gasteiger partial charge in [0.15, 0.2) is 5.60 Å². The molecule has 1 saturated heterocycles. The van der Waals surface area contributed by atoms with Crippen LogP contribution in [0.2, 0.25) is 0 Å². The van der Waals surface area contributed by atoms with Crippen LogP contribution in [0.1, 0.15) is 49.9 Å². The number of allylic oxidation sites excluding steroid dienone is 1. The second-order valence-electron chi connectivity index (χ2n) is 15.4. The number of piperidine rings is 1. The van der Waals surface area contributed by atoms with Gasteiger partial charge in [0.2, 0.25) is 0 Å². The molecule has 7 bridgehead atoms. The van der Waals surface area contributed by atoms with Crippen molar-refractivity contribution in [3.63, 3.8) is 0 Å². The van der Waals surface area contributed by atoms with E-state index in [0.29, 0.717) is 25.1 Å². The van der Waals surface area contributed by atoms with E-state index in [1.807, 2.05) is 13.0 Å². The molecule has 12 heteroatoms. The molecule has 15 atom stereocenters. The first-order valence-electron chi connectivity index (χ1n) is 18.1. The van der Waals surface area contributed by atoms with E-state index >= 15 is 0 Å². The number of carbonyl (C=O) groups is 2. The van der Waals surface area contributed by atoms with Gasteiger partial charge in [0.25, 0.3) is 0 Å². The van der Waals surface area contributed by atoms with Gasteiger partial charge in [0.1, 0.15) is 23.9 Å². The molecular formula is C38H53NO11. The quantitative estimate of drug-likeness (QED) is 0.216. The van der Waals surface area contributed by atoms with E-state index in [2.05, 4.69) is 11.8 Å². The number of hydrogen-bond donors (Lipinski definition) is 3. The summed E-state index contributed by atoms with van der Waals surface area (Å²) in [6, 6.07) is 8.20. The predicted octanol–water partition coefficient (Wildman–Crippen LogP) is 1.98.